The summed E-state index contributed by atoms with van der Waals surface area (Å²) in [6.45, 7) is 14.0. The molecule has 0 saturated carbocycles. The minimum absolute atomic E-state index is 0.0669. The summed E-state index contributed by atoms with van der Waals surface area (Å²) in [5.74, 6) is 0. The Morgan fingerprint density at radius 1 is 0.704 bits per heavy atom. The van der Waals surface area contributed by atoms with Crippen LogP contribution >= 0.6 is 0 Å². The molecule has 1 atom stereocenters. The van der Waals surface area contributed by atoms with E-state index in [1.54, 1.807) is 0 Å². The van der Waals surface area contributed by atoms with Gasteiger partial charge >= 0.3 is 0 Å². The van der Waals surface area contributed by atoms with Gasteiger partial charge in [0.2, 0.25) is 0 Å². The van der Waals surface area contributed by atoms with Gasteiger partial charge in [0, 0.05) is 6.04 Å². The average Bonchev–Trinajstić information content (AvgIpc) is 3.15. The molecule has 0 radical (unpaired) electrons. The van der Waals surface area contributed by atoms with Gasteiger partial charge in [0.1, 0.15) is 0 Å². The molecule has 1 heterocycles. The lowest BCUT2D eigenvalue weighted by Crippen LogP contribution is -2.43. The van der Waals surface area contributed by atoms with Gasteiger partial charge in [0.05, 0.1) is 0 Å². The van der Waals surface area contributed by atoms with E-state index in [2.05, 4.69) is 71.1 Å². The molecule has 27 heavy (non-hydrogen) atoms. The van der Waals surface area contributed by atoms with Crippen molar-refractivity contribution >= 4 is 0 Å². The fourth-order valence-corrected chi connectivity index (χ4v) is 4.02. The molecule has 0 aromatic heterocycles. The zero-order valence-electron chi connectivity index (χ0n) is 17.7. The second kappa shape index (κ2) is 7.05. The van der Waals surface area contributed by atoms with Gasteiger partial charge in [-0.25, -0.2) is 4.39 Å². The number of rotatable bonds is 3. The molecule has 1 nitrogen and oxygen atoms in total. The first-order valence-corrected chi connectivity index (χ1v) is 10.2. The highest BCUT2D eigenvalue weighted by molar-refractivity contribution is 5.42. The van der Waals surface area contributed by atoms with E-state index < -0.39 is 5.67 Å². The third-order valence-corrected chi connectivity index (χ3v) is 5.88. The standard InChI is InChI=1S/C25H34FN/c1-23(2,3)18-9-13-20(14-10-18)25(26,22-8-7-17-27-22)21-15-11-19(12-16-21)24(4,5)6/h9-16,22,27H,7-8,17H2,1-6H3/t22-/m1/s1. The van der Waals surface area contributed by atoms with Crippen molar-refractivity contribution in [3.8, 4) is 0 Å². The zero-order chi connectivity index (χ0) is 19.9. The van der Waals surface area contributed by atoms with E-state index in [0.29, 0.717) is 0 Å². The first-order chi connectivity index (χ1) is 12.5. The van der Waals surface area contributed by atoms with Crippen molar-refractivity contribution in [1.82, 2.24) is 5.32 Å². The molecule has 2 aromatic rings. The molecule has 3 rings (SSSR count). The molecular weight excluding hydrogens is 333 g/mol. The van der Waals surface area contributed by atoms with Crippen LogP contribution < -0.4 is 5.32 Å². The summed E-state index contributed by atoms with van der Waals surface area (Å²) < 4.78 is 16.8. The number of nitrogens with one attached hydrogen (secondary N) is 1. The molecule has 0 unspecified atom stereocenters. The summed E-state index contributed by atoms with van der Waals surface area (Å²) in [5.41, 5.74) is 2.59. The van der Waals surface area contributed by atoms with E-state index in [1.807, 2.05) is 24.3 Å². The summed E-state index contributed by atoms with van der Waals surface area (Å²) in [7, 11) is 0. The highest BCUT2D eigenvalue weighted by Crippen LogP contribution is 2.41. The van der Waals surface area contributed by atoms with Crippen molar-refractivity contribution in [2.45, 2.75) is 76.9 Å². The summed E-state index contributed by atoms with van der Waals surface area (Å²) in [5, 5.41) is 3.41. The normalized spacial score (nSPS) is 18.7. The fourth-order valence-electron chi connectivity index (χ4n) is 4.02. The Bertz CT molecular complexity index is 696. The lowest BCUT2D eigenvalue weighted by Gasteiger charge is -2.34. The highest BCUT2D eigenvalue weighted by atomic mass is 19.1. The van der Waals surface area contributed by atoms with Crippen LogP contribution in [0.2, 0.25) is 0 Å². The monoisotopic (exact) mass is 367 g/mol. The molecule has 1 aliphatic rings. The molecule has 1 fully saturated rings. The SMILES string of the molecule is CC(C)(C)c1ccc(C(F)(c2ccc(C(C)(C)C)cc2)[C@H]2CCCN2)cc1. The van der Waals surface area contributed by atoms with Crippen LogP contribution in [0, 0.1) is 0 Å². The maximum atomic E-state index is 16.8. The van der Waals surface area contributed by atoms with E-state index in [-0.39, 0.29) is 16.9 Å². The quantitative estimate of drug-likeness (QED) is 0.676. The van der Waals surface area contributed by atoms with Crippen molar-refractivity contribution in [1.29, 1.82) is 0 Å². The number of halogens is 1. The number of hydrogen-bond donors (Lipinski definition) is 1. The minimum Gasteiger partial charge on any atom is -0.310 e. The van der Waals surface area contributed by atoms with Gasteiger partial charge in [-0.1, -0.05) is 90.1 Å². The van der Waals surface area contributed by atoms with Crippen molar-refractivity contribution in [2.75, 3.05) is 6.54 Å². The zero-order valence-corrected chi connectivity index (χ0v) is 17.7. The van der Waals surface area contributed by atoms with Crippen LogP contribution in [0.25, 0.3) is 0 Å². The van der Waals surface area contributed by atoms with Crippen LogP contribution in [-0.2, 0) is 16.5 Å². The van der Waals surface area contributed by atoms with Gasteiger partial charge in [0.25, 0.3) is 0 Å². The van der Waals surface area contributed by atoms with Gasteiger partial charge in [-0.3, -0.25) is 0 Å². The molecule has 0 amide bonds. The van der Waals surface area contributed by atoms with Crippen molar-refractivity contribution < 1.29 is 4.39 Å². The molecule has 146 valence electrons. The molecular formula is C25H34FN. The second-order valence-corrected chi connectivity index (χ2v) is 10.0. The number of alkyl halides is 1. The van der Waals surface area contributed by atoms with E-state index in [1.165, 1.54) is 11.1 Å². The molecule has 1 N–H and O–H groups in total. The van der Waals surface area contributed by atoms with E-state index in [0.717, 1.165) is 30.5 Å². The molecule has 0 spiro atoms. The van der Waals surface area contributed by atoms with E-state index in [4.69, 9.17) is 0 Å². The predicted molar refractivity (Wildman–Crippen MR) is 113 cm³/mol. The Hall–Kier alpha value is -1.67. The number of benzene rings is 2. The van der Waals surface area contributed by atoms with Crippen LogP contribution in [0.3, 0.4) is 0 Å². The smallest absolute Gasteiger partial charge is 0.176 e. The molecule has 2 aromatic carbocycles. The lowest BCUT2D eigenvalue weighted by molar-refractivity contribution is 0.163. The molecule has 0 aliphatic carbocycles. The van der Waals surface area contributed by atoms with Gasteiger partial charge in [-0.05, 0) is 52.5 Å². The van der Waals surface area contributed by atoms with Gasteiger partial charge in [-0.2, -0.15) is 0 Å². The van der Waals surface area contributed by atoms with Gasteiger partial charge in [-0.15, -0.1) is 0 Å². The molecule has 1 saturated heterocycles. The minimum atomic E-state index is -1.51. The largest absolute Gasteiger partial charge is 0.310 e. The van der Waals surface area contributed by atoms with Crippen LogP contribution in [0.1, 0.15) is 76.6 Å². The Morgan fingerprint density at radius 2 is 1.07 bits per heavy atom. The first-order valence-electron chi connectivity index (χ1n) is 10.2. The Labute approximate surface area is 164 Å². The predicted octanol–water partition coefficient (Wildman–Crippen LogP) is 6.25. The Balaban J connectivity index is 2.05. The average molecular weight is 368 g/mol. The van der Waals surface area contributed by atoms with Crippen molar-refractivity contribution in [2.24, 2.45) is 0 Å². The Kier molecular flexibility index (Phi) is 5.24. The summed E-state index contributed by atoms with van der Waals surface area (Å²) in [6.07, 6.45) is 1.88. The Morgan fingerprint density at radius 3 is 1.37 bits per heavy atom. The van der Waals surface area contributed by atoms with Gasteiger partial charge in [0.15, 0.2) is 5.67 Å². The number of hydrogen-bond acceptors (Lipinski definition) is 1. The van der Waals surface area contributed by atoms with E-state index in [9.17, 15) is 0 Å². The highest BCUT2D eigenvalue weighted by Gasteiger charge is 2.44. The first kappa shape index (κ1) is 20.1. The van der Waals surface area contributed by atoms with E-state index >= 15 is 4.39 Å². The third-order valence-electron chi connectivity index (χ3n) is 5.88. The topological polar surface area (TPSA) is 12.0 Å². The van der Waals surface area contributed by atoms with Gasteiger partial charge < -0.3 is 5.32 Å². The summed E-state index contributed by atoms with van der Waals surface area (Å²) in [6, 6.07) is 16.1. The molecule has 2 heteroatoms. The van der Waals surface area contributed by atoms with Crippen molar-refractivity contribution in [3.63, 3.8) is 0 Å². The molecule has 0 bridgehead atoms. The summed E-state index contributed by atoms with van der Waals surface area (Å²) >= 11 is 0. The lowest BCUT2D eigenvalue weighted by atomic mass is 9.78. The van der Waals surface area contributed by atoms with Crippen LogP contribution in [0.4, 0.5) is 4.39 Å². The van der Waals surface area contributed by atoms with Crippen LogP contribution in [0.5, 0.6) is 0 Å². The molecule has 1 aliphatic heterocycles. The third kappa shape index (κ3) is 3.96. The maximum absolute atomic E-state index is 16.8. The van der Waals surface area contributed by atoms with Crippen LogP contribution in [0.15, 0.2) is 48.5 Å². The van der Waals surface area contributed by atoms with Crippen LogP contribution in [-0.4, -0.2) is 12.6 Å². The summed E-state index contributed by atoms with van der Waals surface area (Å²) in [4.78, 5) is 0. The van der Waals surface area contributed by atoms with Crippen molar-refractivity contribution in [3.05, 3.63) is 70.8 Å². The fraction of sp³-hybridized carbons (Fsp3) is 0.520. The second-order valence-electron chi connectivity index (χ2n) is 10.0. The maximum Gasteiger partial charge on any atom is 0.176 e.